The number of nitrogens with one attached hydrogen (secondary N) is 2. The molecule has 106 valence electrons. The fourth-order valence-corrected chi connectivity index (χ4v) is 2.69. The third-order valence-corrected chi connectivity index (χ3v) is 3.53. The first kappa shape index (κ1) is 15.7. The molecule has 1 heterocycles. The van der Waals surface area contributed by atoms with Gasteiger partial charge in [-0.15, -0.1) is 0 Å². The lowest BCUT2D eigenvalue weighted by molar-refractivity contribution is -0.124. The predicted octanol–water partition coefficient (Wildman–Crippen LogP) is 0.494. The summed E-state index contributed by atoms with van der Waals surface area (Å²) < 4.78 is 0. The number of primary amides is 1. The highest BCUT2D eigenvalue weighted by Gasteiger charge is 2.30. The van der Waals surface area contributed by atoms with Crippen molar-refractivity contribution in [2.75, 3.05) is 5.75 Å². The van der Waals surface area contributed by atoms with E-state index in [-0.39, 0.29) is 17.5 Å². The standard InChI is InChI=1S/C12H20N4O2S/c1-8(2)16-12(3,10(13)18)5-7-19-11-14-6-4-9(17)15-11/h4,6,8,16H,5,7H2,1-3H3,(H2,13,18)(H,14,15,17). The van der Waals surface area contributed by atoms with E-state index in [0.29, 0.717) is 17.3 Å². The van der Waals surface area contributed by atoms with Gasteiger partial charge in [0.1, 0.15) is 0 Å². The van der Waals surface area contributed by atoms with Gasteiger partial charge in [0.2, 0.25) is 5.91 Å². The Morgan fingerprint density at radius 1 is 1.63 bits per heavy atom. The Kier molecular flexibility index (Phi) is 5.56. The quantitative estimate of drug-likeness (QED) is 0.500. The SMILES string of the molecule is CC(C)NC(C)(CCSc1nccc(=O)[nH]1)C(N)=O. The predicted molar refractivity (Wildman–Crippen MR) is 76.1 cm³/mol. The molecule has 1 amide bonds. The summed E-state index contributed by atoms with van der Waals surface area (Å²) in [5.74, 6) is 0.253. The Balaban J connectivity index is 2.58. The zero-order chi connectivity index (χ0) is 14.5. The molecular weight excluding hydrogens is 264 g/mol. The second-order valence-corrected chi connectivity index (χ2v) is 5.92. The third-order valence-electron chi connectivity index (χ3n) is 2.64. The van der Waals surface area contributed by atoms with Gasteiger partial charge in [0.25, 0.3) is 5.56 Å². The van der Waals surface area contributed by atoms with Crippen LogP contribution in [0.5, 0.6) is 0 Å². The van der Waals surface area contributed by atoms with Gasteiger partial charge >= 0.3 is 0 Å². The lowest BCUT2D eigenvalue weighted by Gasteiger charge is -2.29. The minimum Gasteiger partial charge on any atom is -0.368 e. The van der Waals surface area contributed by atoms with Crippen molar-refractivity contribution >= 4 is 17.7 Å². The molecule has 0 fully saturated rings. The Labute approximate surface area is 116 Å². The van der Waals surface area contributed by atoms with Crippen LogP contribution in [0.15, 0.2) is 22.2 Å². The normalized spacial score (nSPS) is 14.3. The number of aromatic amines is 1. The van der Waals surface area contributed by atoms with Crippen molar-refractivity contribution < 1.29 is 4.79 Å². The lowest BCUT2D eigenvalue weighted by atomic mass is 9.97. The average Bonchev–Trinajstić information content (AvgIpc) is 2.27. The molecule has 6 nitrogen and oxygen atoms in total. The molecule has 1 rings (SSSR count). The molecule has 0 spiro atoms. The first-order valence-electron chi connectivity index (χ1n) is 6.09. The van der Waals surface area contributed by atoms with Crippen LogP contribution in [0.2, 0.25) is 0 Å². The summed E-state index contributed by atoms with van der Waals surface area (Å²) in [5.41, 5.74) is 4.50. The van der Waals surface area contributed by atoms with Gasteiger partial charge in [-0.2, -0.15) is 0 Å². The van der Waals surface area contributed by atoms with E-state index in [1.165, 1.54) is 24.0 Å². The molecule has 0 aliphatic heterocycles. The van der Waals surface area contributed by atoms with Crippen molar-refractivity contribution in [3.63, 3.8) is 0 Å². The number of hydrogen-bond donors (Lipinski definition) is 3. The molecule has 0 saturated carbocycles. The van der Waals surface area contributed by atoms with Crippen molar-refractivity contribution in [2.45, 2.75) is 43.9 Å². The second kappa shape index (κ2) is 6.72. The highest BCUT2D eigenvalue weighted by molar-refractivity contribution is 7.99. The van der Waals surface area contributed by atoms with Gasteiger partial charge in [-0.3, -0.25) is 9.59 Å². The Hall–Kier alpha value is -1.34. The topological polar surface area (TPSA) is 101 Å². The maximum absolute atomic E-state index is 11.5. The van der Waals surface area contributed by atoms with Crippen molar-refractivity contribution in [1.82, 2.24) is 15.3 Å². The van der Waals surface area contributed by atoms with Gasteiger partial charge in [0, 0.05) is 24.1 Å². The van der Waals surface area contributed by atoms with Gasteiger partial charge in [0.15, 0.2) is 5.16 Å². The third kappa shape index (κ3) is 5.04. The van der Waals surface area contributed by atoms with Crippen LogP contribution >= 0.6 is 11.8 Å². The largest absolute Gasteiger partial charge is 0.368 e. The van der Waals surface area contributed by atoms with E-state index in [9.17, 15) is 9.59 Å². The second-order valence-electron chi connectivity index (χ2n) is 4.83. The van der Waals surface area contributed by atoms with Crippen molar-refractivity contribution in [2.24, 2.45) is 5.73 Å². The van der Waals surface area contributed by atoms with E-state index < -0.39 is 5.54 Å². The Morgan fingerprint density at radius 2 is 2.32 bits per heavy atom. The number of nitrogens with zero attached hydrogens (tertiary/aromatic N) is 1. The number of hydrogen-bond acceptors (Lipinski definition) is 5. The van der Waals surface area contributed by atoms with Crippen molar-refractivity contribution in [3.8, 4) is 0 Å². The molecule has 0 aromatic carbocycles. The van der Waals surface area contributed by atoms with Gasteiger partial charge in [-0.05, 0) is 27.2 Å². The van der Waals surface area contributed by atoms with E-state index in [0.717, 1.165) is 0 Å². The maximum Gasteiger partial charge on any atom is 0.251 e. The Bertz CT molecular complexity index is 489. The number of rotatable bonds is 7. The first-order valence-corrected chi connectivity index (χ1v) is 7.08. The summed E-state index contributed by atoms with van der Waals surface area (Å²) in [4.78, 5) is 29.3. The zero-order valence-electron chi connectivity index (χ0n) is 11.4. The van der Waals surface area contributed by atoms with Crippen LogP contribution in [0.3, 0.4) is 0 Å². The number of H-pyrrole nitrogens is 1. The van der Waals surface area contributed by atoms with E-state index in [4.69, 9.17) is 5.73 Å². The molecule has 1 aromatic heterocycles. The minimum absolute atomic E-state index is 0.164. The van der Waals surface area contributed by atoms with E-state index in [1.54, 1.807) is 6.92 Å². The van der Waals surface area contributed by atoms with Gasteiger partial charge in [-0.25, -0.2) is 4.98 Å². The molecular formula is C12H20N4O2S. The van der Waals surface area contributed by atoms with Crippen LogP contribution in [0.4, 0.5) is 0 Å². The van der Waals surface area contributed by atoms with Crippen LogP contribution in [0, 0.1) is 0 Å². The van der Waals surface area contributed by atoms with Gasteiger partial charge < -0.3 is 16.0 Å². The van der Waals surface area contributed by atoms with Crippen molar-refractivity contribution in [1.29, 1.82) is 0 Å². The van der Waals surface area contributed by atoms with E-state index in [1.807, 2.05) is 13.8 Å². The van der Waals surface area contributed by atoms with Crippen LogP contribution in [0.1, 0.15) is 27.2 Å². The lowest BCUT2D eigenvalue weighted by Crippen LogP contribution is -2.55. The summed E-state index contributed by atoms with van der Waals surface area (Å²) in [7, 11) is 0. The molecule has 1 unspecified atom stereocenters. The highest BCUT2D eigenvalue weighted by Crippen LogP contribution is 2.18. The number of amides is 1. The summed E-state index contributed by atoms with van der Waals surface area (Å²) in [6, 6.07) is 1.52. The summed E-state index contributed by atoms with van der Waals surface area (Å²) in [6.07, 6.45) is 2.02. The number of carbonyl (C=O) groups excluding carboxylic acids is 1. The molecule has 19 heavy (non-hydrogen) atoms. The molecule has 0 aliphatic carbocycles. The number of carbonyl (C=O) groups is 1. The van der Waals surface area contributed by atoms with Crippen LogP contribution in [-0.2, 0) is 4.79 Å². The fourth-order valence-electron chi connectivity index (χ4n) is 1.68. The summed E-state index contributed by atoms with van der Waals surface area (Å²) >= 11 is 1.39. The van der Waals surface area contributed by atoms with E-state index >= 15 is 0 Å². The summed E-state index contributed by atoms with van der Waals surface area (Å²) in [5, 5.41) is 3.72. The molecule has 7 heteroatoms. The molecule has 1 aromatic rings. The molecule has 1 atom stereocenters. The van der Waals surface area contributed by atoms with Gasteiger partial charge in [-0.1, -0.05) is 11.8 Å². The summed E-state index contributed by atoms with van der Waals surface area (Å²) in [6.45, 7) is 5.71. The Morgan fingerprint density at radius 3 is 2.84 bits per heavy atom. The van der Waals surface area contributed by atoms with Crippen LogP contribution in [-0.4, -0.2) is 33.2 Å². The smallest absolute Gasteiger partial charge is 0.251 e. The zero-order valence-corrected chi connectivity index (χ0v) is 12.2. The molecule has 4 N–H and O–H groups in total. The monoisotopic (exact) mass is 284 g/mol. The fraction of sp³-hybridized carbons (Fsp3) is 0.583. The molecule has 0 saturated heterocycles. The van der Waals surface area contributed by atoms with E-state index in [2.05, 4.69) is 15.3 Å². The van der Waals surface area contributed by atoms with Crippen molar-refractivity contribution in [3.05, 3.63) is 22.6 Å². The molecule has 0 bridgehead atoms. The molecule has 0 radical (unpaired) electrons. The first-order chi connectivity index (χ1) is 8.83. The maximum atomic E-state index is 11.5. The van der Waals surface area contributed by atoms with Crippen LogP contribution < -0.4 is 16.6 Å². The minimum atomic E-state index is -0.754. The molecule has 0 aliphatic rings. The average molecular weight is 284 g/mol. The van der Waals surface area contributed by atoms with Gasteiger partial charge in [0.05, 0.1) is 5.54 Å². The number of aromatic nitrogens is 2. The number of nitrogens with two attached hydrogens (primary N) is 1. The highest BCUT2D eigenvalue weighted by atomic mass is 32.2. The number of thioether (sulfide) groups is 1. The van der Waals surface area contributed by atoms with Crippen LogP contribution in [0.25, 0.3) is 0 Å².